The van der Waals surface area contributed by atoms with Gasteiger partial charge in [0.05, 0.1) is 10.7 Å². The normalized spacial score (nSPS) is 11.9. The van der Waals surface area contributed by atoms with Crippen molar-refractivity contribution in [3.63, 3.8) is 0 Å². The second-order valence-electron chi connectivity index (χ2n) is 6.42. The molecule has 0 aliphatic rings. The number of carbonyl (C=O) groups is 1. The van der Waals surface area contributed by atoms with Gasteiger partial charge in [-0.2, -0.15) is 5.10 Å². The van der Waals surface area contributed by atoms with Gasteiger partial charge in [0, 0.05) is 10.6 Å². The first kappa shape index (κ1) is 21.1. The zero-order valence-electron chi connectivity index (χ0n) is 15.8. The summed E-state index contributed by atoms with van der Waals surface area (Å²) in [5.41, 5.74) is 2.76. The van der Waals surface area contributed by atoms with Gasteiger partial charge in [0.15, 0.2) is 5.60 Å². The number of hydrogen-bond donors (Lipinski definition) is 2. The van der Waals surface area contributed by atoms with Gasteiger partial charge in [-0.05, 0) is 29.7 Å². The van der Waals surface area contributed by atoms with E-state index < -0.39 is 11.5 Å². The molecular formula is C23H20Cl2N2O2. The van der Waals surface area contributed by atoms with Gasteiger partial charge >= 0.3 is 0 Å². The molecule has 1 amide bonds. The number of nitrogens with one attached hydrogen (secondary N) is 1. The SMILES string of the molecule is CC/C(=N/NC(=O)C(O)(c1ccccc1)c1ccccc1)c1ccc(Cl)cc1Cl. The molecule has 0 aliphatic heterocycles. The molecule has 0 atom stereocenters. The molecule has 0 saturated heterocycles. The van der Waals surface area contributed by atoms with Crippen LogP contribution in [0.25, 0.3) is 0 Å². The van der Waals surface area contributed by atoms with E-state index in [1.165, 1.54) is 0 Å². The molecular weight excluding hydrogens is 407 g/mol. The first-order valence-corrected chi connectivity index (χ1v) is 9.88. The largest absolute Gasteiger partial charge is 0.372 e. The maximum Gasteiger partial charge on any atom is 0.281 e. The standard InChI is InChI=1S/C23H20Cl2N2O2/c1-2-21(19-14-13-18(24)15-20(19)25)26-27-22(28)23(29,16-9-5-3-6-10-16)17-11-7-4-8-12-17/h3-15,29H,2H2,1H3,(H,27,28)/b26-21-. The molecule has 3 aromatic carbocycles. The Balaban J connectivity index is 1.98. The van der Waals surface area contributed by atoms with E-state index in [4.69, 9.17) is 23.2 Å². The molecule has 2 N–H and O–H groups in total. The predicted octanol–water partition coefficient (Wildman–Crippen LogP) is 5.16. The molecule has 0 aliphatic carbocycles. The number of hydrogen-bond acceptors (Lipinski definition) is 3. The summed E-state index contributed by atoms with van der Waals surface area (Å²) in [6.07, 6.45) is 0.525. The Morgan fingerprint density at radius 1 is 0.966 bits per heavy atom. The van der Waals surface area contributed by atoms with Gasteiger partial charge in [-0.15, -0.1) is 0 Å². The second kappa shape index (κ2) is 9.23. The Bertz CT molecular complexity index is 982. The average molecular weight is 427 g/mol. The van der Waals surface area contributed by atoms with Crippen LogP contribution in [0.3, 0.4) is 0 Å². The summed E-state index contributed by atoms with van der Waals surface area (Å²) in [5, 5.41) is 16.6. The lowest BCUT2D eigenvalue weighted by Gasteiger charge is -2.27. The summed E-state index contributed by atoms with van der Waals surface area (Å²) in [6.45, 7) is 1.90. The van der Waals surface area contributed by atoms with Crippen molar-refractivity contribution in [1.82, 2.24) is 5.43 Å². The Labute approximate surface area is 179 Å². The molecule has 0 spiro atoms. The number of benzene rings is 3. The van der Waals surface area contributed by atoms with Gasteiger partial charge < -0.3 is 5.11 Å². The third-order valence-corrected chi connectivity index (χ3v) is 5.13. The van der Waals surface area contributed by atoms with Crippen LogP contribution in [0.15, 0.2) is 84.0 Å². The van der Waals surface area contributed by atoms with Crippen molar-refractivity contribution >= 4 is 34.8 Å². The fourth-order valence-corrected chi connectivity index (χ4v) is 3.56. The van der Waals surface area contributed by atoms with Crippen molar-refractivity contribution in [2.75, 3.05) is 0 Å². The number of nitrogens with zero attached hydrogens (tertiary/aromatic N) is 1. The maximum absolute atomic E-state index is 13.1. The highest BCUT2D eigenvalue weighted by molar-refractivity contribution is 6.37. The number of amides is 1. The van der Waals surface area contributed by atoms with E-state index in [-0.39, 0.29) is 0 Å². The number of halogens is 2. The fraction of sp³-hybridized carbons (Fsp3) is 0.130. The van der Waals surface area contributed by atoms with Crippen LogP contribution >= 0.6 is 23.2 Å². The minimum absolute atomic E-state index is 0.439. The van der Waals surface area contributed by atoms with Crippen molar-refractivity contribution in [3.8, 4) is 0 Å². The van der Waals surface area contributed by atoms with Crippen LogP contribution in [-0.2, 0) is 10.4 Å². The topological polar surface area (TPSA) is 61.7 Å². The highest BCUT2D eigenvalue weighted by Crippen LogP contribution is 2.30. The zero-order chi connectivity index (χ0) is 20.9. The smallest absolute Gasteiger partial charge is 0.281 e. The maximum atomic E-state index is 13.1. The van der Waals surface area contributed by atoms with Gasteiger partial charge in [0.2, 0.25) is 0 Å². The van der Waals surface area contributed by atoms with Gasteiger partial charge in [-0.3, -0.25) is 4.79 Å². The molecule has 0 radical (unpaired) electrons. The summed E-state index contributed by atoms with van der Waals surface area (Å²) in [4.78, 5) is 13.1. The van der Waals surface area contributed by atoms with E-state index in [1.54, 1.807) is 66.7 Å². The molecule has 0 unspecified atom stereocenters. The fourth-order valence-electron chi connectivity index (χ4n) is 3.04. The summed E-state index contributed by atoms with van der Waals surface area (Å²) < 4.78 is 0. The molecule has 0 bridgehead atoms. The summed E-state index contributed by atoms with van der Waals surface area (Å²) in [6, 6.07) is 22.6. The molecule has 3 rings (SSSR count). The molecule has 6 heteroatoms. The number of aliphatic hydroxyl groups is 1. The molecule has 4 nitrogen and oxygen atoms in total. The predicted molar refractivity (Wildman–Crippen MR) is 117 cm³/mol. The summed E-state index contributed by atoms with van der Waals surface area (Å²) in [7, 11) is 0. The van der Waals surface area contributed by atoms with Gasteiger partial charge in [0.1, 0.15) is 0 Å². The highest BCUT2D eigenvalue weighted by atomic mass is 35.5. The number of rotatable bonds is 6. The lowest BCUT2D eigenvalue weighted by atomic mass is 9.85. The quantitative estimate of drug-likeness (QED) is 0.422. The van der Waals surface area contributed by atoms with Gasteiger partial charge in [-0.1, -0.05) is 96.9 Å². The Morgan fingerprint density at radius 3 is 2.00 bits per heavy atom. The Hall–Kier alpha value is -2.66. The second-order valence-corrected chi connectivity index (χ2v) is 7.26. The van der Waals surface area contributed by atoms with E-state index in [0.717, 1.165) is 0 Å². The van der Waals surface area contributed by atoms with E-state index in [2.05, 4.69) is 10.5 Å². The first-order chi connectivity index (χ1) is 14.0. The minimum Gasteiger partial charge on any atom is -0.372 e. The van der Waals surface area contributed by atoms with Gasteiger partial charge in [-0.25, -0.2) is 5.43 Å². The lowest BCUT2D eigenvalue weighted by molar-refractivity contribution is -0.136. The van der Waals surface area contributed by atoms with E-state index in [0.29, 0.717) is 38.9 Å². The Kier molecular flexibility index (Phi) is 6.70. The first-order valence-electron chi connectivity index (χ1n) is 9.12. The molecule has 0 fully saturated rings. The van der Waals surface area contributed by atoms with Crippen LogP contribution in [0, 0.1) is 0 Å². The summed E-state index contributed by atoms with van der Waals surface area (Å²) in [5.74, 6) is -0.661. The average Bonchev–Trinajstić information content (AvgIpc) is 2.75. The van der Waals surface area contributed by atoms with Crippen molar-refractivity contribution in [1.29, 1.82) is 0 Å². The zero-order valence-corrected chi connectivity index (χ0v) is 17.3. The minimum atomic E-state index is -1.89. The van der Waals surface area contributed by atoms with Crippen LogP contribution in [-0.4, -0.2) is 16.7 Å². The highest BCUT2D eigenvalue weighted by Gasteiger charge is 2.40. The van der Waals surface area contributed by atoms with Crippen LogP contribution in [0.5, 0.6) is 0 Å². The number of hydrazone groups is 1. The van der Waals surface area contributed by atoms with Crippen molar-refractivity contribution in [2.45, 2.75) is 18.9 Å². The molecule has 29 heavy (non-hydrogen) atoms. The van der Waals surface area contributed by atoms with Crippen molar-refractivity contribution in [2.24, 2.45) is 5.10 Å². The van der Waals surface area contributed by atoms with E-state index in [1.807, 2.05) is 19.1 Å². The van der Waals surface area contributed by atoms with E-state index in [9.17, 15) is 9.90 Å². The molecule has 0 saturated carbocycles. The molecule has 3 aromatic rings. The van der Waals surface area contributed by atoms with Crippen LogP contribution < -0.4 is 5.43 Å². The van der Waals surface area contributed by atoms with Crippen molar-refractivity contribution in [3.05, 3.63) is 106 Å². The van der Waals surface area contributed by atoms with Crippen LogP contribution in [0.4, 0.5) is 0 Å². The van der Waals surface area contributed by atoms with E-state index >= 15 is 0 Å². The van der Waals surface area contributed by atoms with Gasteiger partial charge in [0.25, 0.3) is 5.91 Å². The summed E-state index contributed by atoms with van der Waals surface area (Å²) >= 11 is 12.2. The number of carbonyl (C=O) groups excluding carboxylic acids is 1. The molecule has 148 valence electrons. The monoisotopic (exact) mass is 426 g/mol. The third kappa shape index (κ3) is 4.51. The lowest BCUT2D eigenvalue weighted by Crippen LogP contribution is -2.44. The van der Waals surface area contributed by atoms with Crippen molar-refractivity contribution < 1.29 is 9.90 Å². The Morgan fingerprint density at radius 2 is 1.52 bits per heavy atom. The molecule has 0 heterocycles. The molecule has 0 aromatic heterocycles. The third-order valence-electron chi connectivity index (χ3n) is 4.58. The van der Waals surface area contributed by atoms with Crippen LogP contribution in [0.2, 0.25) is 10.0 Å². The van der Waals surface area contributed by atoms with Crippen LogP contribution in [0.1, 0.15) is 30.0 Å².